The Balaban J connectivity index is 2.39. The predicted octanol–water partition coefficient (Wildman–Crippen LogP) is 5.36. The second-order valence-corrected chi connectivity index (χ2v) is 9.39. The zero-order chi connectivity index (χ0) is 31.4. The number of allylic oxidation sites excluding steroid dienone is 1. The lowest BCUT2D eigenvalue weighted by molar-refractivity contribution is -0.261. The molecule has 0 fully saturated rings. The van der Waals surface area contributed by atoms with Crippen LogP contribution < -0.4 is 9.47 Å². The number of benzene rings is 2. The summed E-state index contributed by atoms with van der Waals surface area (Å²) in [5.74, 6) is -1.73. The molecule has 0 radical (unpaired) electrons. The minimum atomic E-state index is -0.719. The summed E-state index contributed by atoms with van der Waals surface area (Å²) >= 11 is 0. The summed E-state index contributed by atoms with van der Waals surface area (Å²) in [7, 11) is 0. The van der Waals surface area contributed by atoms with Gasteiger partial charge in [-0.25, -0.2) is 14.4 Å². The molecule has 0 saturated heterocycles. The number of nitrogens with zero attached hydrogens (tertiary/aromatic N) is 1. The average Bonchev–Trinajstić information content (AvgIpc) is 2.93. The van der Waals surface area contributed by atoms with E-state index in [0.717, 1.165) is 0 Å². The molecule has 0 bridgehead atoms. The lowest BCUT2D eigenvalue weighted by Gasteiger charge is -2.23. The van der Waals surface area contributed by atoms with E-state index in [9.17, 15) is 19.2 Å². The highest BCUT2D eigenvalue weighted by atomic mass is 17.2. The Morgan fingerprint density at radius 1 is 0.690 bits per heavy atom. The Bertz CT molecular complexity index is 1390. The van der Waals surface area contributed by atoms with Gasteiger partial charge in [-0.1, -0.05) is 44.5 Å². The summed E-state index contributed by atoms with van der Waals surface area (Å²) in [6.07, 6.45) is 0. The summed E-state index contributed by atoms with van der Waals surface area (Å²) < 4.78 is 15.9. The van der Waals surface area contributed by atoms with Crippen LogP contribution in [0.1, 0.15) is 38.1 Å². The van der Waals surface area contributed by atoms with Crippen molar-refractivity contribution in [2.45, 2.75) is 27.7 Å². The molecule has 0 aromatic heterocycles. The van der Waals surface area contributed by atoms with Crippen molar-refractivity contribution >= 4 is 23.8 Å². The SMILES string of the molecule is C=C(C)OOCCN(CCOC(=O)C(=C)C)C(=O)c1ccc(-c2ccc(OC(=O)C(=C)C)cc2)cc1OC(=O)C(=C)C. The number of ether oxygens (including phenoxy) is 3. The van der Waals surface area contributed by atoms with Gasteiger partial charge in [-0.15, -0.1) is 0 Å². The molecule has 0 aliphatic carbocycles. The highest BCUT2D eigenvalue weighted by molar-refractivity contribution is 5.99. The zero-order valence-corrected chi connectivity index (χ0v) is 24.3. The number of carbonyl (C=O) groups excluding carboxylic acids is 4. The smallest absolute Gasteiger partial charge is 0.338 e. The van der Waals surface area contributed by atoms with Crippen LogP contribution in [0.5, 0.6) is 11.5 Å². The van der Waals surface area contributed by atoms with Crippen LogP contribution in [0.3, 0.4) is 0 Å². The molecule has 0 atom stereocenters. The number of hydrogen-bond donors (Lipinski definition) is 0. The molecular formula is C32H35NO9. The first-order valence-corrected chi connectivity index (χ1v) is 12.9. The number of hydrogen-bond acceptors (Lipinski definition) is 9. The van der Waals surface area contributed by atoms with E-state index in [1.54, 1.807) is 50.2 Å². The predicted molar refractivity (Wildman–Crippen MR) is 156 cm³/mol. The molecular weight excluding hydrogens is 542 g/mol. The van der Waals surface area contributed by atoms with E-state index in [0.29, 0.717) is 22.6 Å². The molecule has 10 heteroatoms. The summed E-state index contributed by atoms with van der Waals surface area (Å²) in [5, 5.41) is 0. The summed E-state index contributed by atoms with van der Waals surface area (Å²) in [6.45, 7) is 20.4. The van der Waals surface area contributed by atoms with Crippen molar-refractivity contribution in [3.8, 4) is 22.6 Å². The standard InChI is InChI=1S/C32H35NO9/c1-20(2)30(35)38-17-15-33(16-18-39-42-23(7)8)29(34)27-14-11-25(19-28(27)41-32(37)22(5)6)24-9-12-26(13-10-24)40-31(36)21(3)4/h9-14,19H,1,3,5,7,15-18H2,2,4,6,8H3. The van der Waals surface area contributed by atoms with Crippen LogP contribution >= 0.6 is 0 Å². The quantitative estimate of drug-likeness (QED) is 0.0524. The van der Waals surface area contributed by atoms with Gasteiger partial charge in [0.05, 0.1) is 12.1 Å². The lowest BCUT2D eigenvalue weighted by atomic mass is 10.0. The molecule has 0 unspecified atom stereocenters. The molecule has 0 N–H and O–H groups in total. The van der Waals surface area contributed by atoms with Gasteiger partial charge in [-0.05, 0) is 63.1 Å². The van der Waals surface area contributed by atoms with Crippen molar-refractivity contribution < 1.29 is 43.2 Å². The third kappa shape index (κ3) is 10.2. The molecule has 2 rings (SSSR count). The molecule has 0 spiro atoms. The second kappa shape index (κ2) is 15.7. The molecule has 2 aromatic rings. The van der Waals surface area contributed by atoms with E-state index < -0.39 is 23.8 Å². The fourth-order valence-electron chi connectivity index (χ4n) is 3.21. The minimum absolute atomic E-state index is 0.00804. The van der Waals surface area contributed by atoms with Crippen molar-refractivity contribution in [2.75, 3.05) is 26.3 Å². The van der Waals surface area contributed by atoms with Crippen LogP contribution in [0.15, 0.2) is 91.3 Å². The van der Waals surface area contributed by atoms with Gasteiger partial charge < -0.3 is 24.0 Å². The molecule has 0 aliphatic rings. The highest BCUT2D eigenvalue weighted by Crippen LogP contribution is 2.30. The van der Waals surface area contributed by atoms with Gasteiger partial charge in [0.2, 0.25) is 0 Å². The molecule has 10 nitrogen and oxygen atoms in total. The topological polar surface area (TPSA) is 118 Å². The fourth-order valence-corrected chi connectivity index (χ4v) is 3.21. The van der Waals surface area contributed by atoms with Crippen LogP contribution in [0, 0.1) is 0 Å². The highest BCUT2D eigenvalue weighted by Gasteiger charge is 2.23. The first kappa shape index (κ1) is 33.2. The normalized spacial score (nSPS) is 10.2. The van der Waals surface area contributed by atoms with Crippen molar-refractivity contribution in [1.82, 2.24) is 4.90 Å². The minimum Gasteiger partial charge on any atom is -0.460 e. The fraction of sp³-hybridized carbons (Fsp3) is 0.250. The average molecular weight is 578 g/mol. The third-order valence-electron chi connectivity index (χ3n) is 5.39. The summed E-state index contributed by atoms with van der Waals surface area (Å²) in [4.78, 5) is 61.2. The Morgan fingerprint density at radius 2 is 1.24 bits per heavy atom. The Kier molecular flexibility index (Phi) is 12.5. The van der Waals surface area contributed by atoms with Gasteiger partial charge in [-0.2, -0.15) is 4.89 Å². The van der Waals surface area contributed by atoms with Crippen LogP contribution in [-0.4, -0.2) is 55.0 Å². The van der Waals surface area contributed by atoms with E-state index in [4.69, 9.17) is 24.0 Å². The van der Waals surface area contributed by atoms with Gasteiger partial charge in [0.1, 0.15) is 30.5 Å². The van der Waals surface area contributed by atoms with Crippen LogP contribution in [-0.2, 0) is 28.9 Å². The van der Waals surface area contributed by atoms with Gasteiger partial charge in [0.15, 0.2) is 0 Å². The lowest BCUT2D eigenvalue weighted by Crippen LogP contribution is -2.37. The van der Waals surface area contributed by atoms with Crippen molar-refractivity contribution in [1.29, 1.82) is 0 Å². The van der Waals surface area contributed by atoms with Gasteiger partial charge in [0.25, 0.3) is 5.91 Å². The first-order chi connectivity index (χ1) is 19.8. The Morgan fingerprint density at radius 3 is 1.81 bits per heavy atom. The molecule has 0 aliphatic heterocycles. The maximum Gasteiger partial charge on any atom is 0.338 e. The third-order valence-corrected chi connectivity index (χ3v) is 5.39. The van der Waals surface area contributed by atoms with E-state index in [1.807, 2.05) is 0 Å². The number of carbonyl (C=O) groups is 4. The van der Waals surface area contributed by atoms with E-state index in [-0.39, 0.29) is 54.3 Å². The van der Waals surface area contributed by atoms with Gasteiger partial charge in [-0.3, -0.25) is 4.79 Å². The van der Waals surface area contributed by atoms with Crippen LogP contribution in [0.25, 0.3) is 11.1 Å². The van der Waals surface area contributed by atoms with Gasteiger partial charge in [0, 0.05) is 23.3 Å². The molecule has 1 amide bonds. The maximum atomic E-state index is 13.7. The molecule has 222 valence electrons. The molecule has 2 aromatic carbocycles. The molecule has 0 heterocycles. The van der Waals surface area contributed by atoms with Gasteiger partial charge >= 0.3 is 17.9 Å². The number of amides is 1. The van der Waals surface area contributed by atoms with E-state index in [2.05, 4.69) is 26.3 Å². The second-order valence-electron chi connectivity index (χ2n) is 9.39. The number of rotatable bonds is 15. The molecule has 42 heavy (non-hydrogen) atoms. The summed E-state index contributed by atoms with van der Waals surface area (Å²) in [5.41, 5.74) is 2.02. The zero-order valence-electron chi connectivity index (χ0n) is 24.3. The van der Waals surface area contributed by atoms with Crippen molar-refractivity contribution in [2.24, 2.45) is 0 Å². The van der Waals surface area contributed by atoms with E-state index >= 15 is 0 Å². The Hall–Kier alpha value is -4.96. The largest absolute Gasteiger partial charge is 0.460 e. The van der Waals surface area contributed by atoms with Crippen LogP contribution in [0.4, 0.5) is 0 Å². The Labute approximate surface area is 245 Å². The number of esters is 3. The van der Waals surface area contributed by atoms with E-state index in [1.165, 1.54) is 24.8 Å². The first-order valence-electron chi connectivity index (χ1n) is 12.9. The maximum absolute atomic E-state index is 13.7. The van der Waals surface area contributed by atoms with Crippen LogP contribution in [0.2, 0.25) is 0 Å². The van der Waals surface area contributed by atoms with Crippen molar-refractivity contribution in [3.63, 3.8) is 0 Å². The monoisotopic (exact) mass is 577 g/mol. The van der Waals surface area contributed by atoms with Crippen molar-refractivity contribution in [3.05, 3.63) is 96.8 Å². The summed E-state index contributed by atoms with van der Waals surface area (Å²) in [6, 6.07) is 11.4. The molecule has 0 saturated carbocycles.